The van der Waals surface area contributed by atoms with E-state index in [1.54, 1.807) is 5.38 Å². The highest BCUT2D eigenvalue weighted by Crippen LogP contribution is 2.44. The Morgan fingerprint density at radius 2 is 1.77 bits per heavy atom. The standard InChI is InChI=1S/C26H25N3O5S/c1-2-7-21(25(31)32)29-24(30)22-15-35-23(28-22)12-13-27-26(33)34-14-20-18-10-5-3-8-16(18)17-9-4-6-11-19(17)20/h2-6,8-11,15,20-21H,1,7,12-14H2,(H,27,33)(H,29,30)(H,31,32). The lowest BCUT2D eigenvalue weighted by molar-refractivity contribution is -0.139. The second-order valence-electron chi connectivity index (χ2n) is 8.02. The van der Waals surface area contributed by atoms with Crippen LogP contribution in [0.25, 0.3) is 11.1 Å². The van der Waals surface area contributed by atoms with Crippen LogP contribution in [0.15, 0.2) is 66.6 Å². The third-order valence-electron chi connectivity index (χ3n) is 5.74. The van der Waals surface area contributed by atoms with Gasteiger partial charge in [0, 0.05) is 24.3 Å². The number of carbonyl (C=O) groups is 3. The lowest BCUT2D eigenvalue weighted by Crippen LogP contribution is -2.40. The normalized spacial score (nSPS) is 12.8. The lowest BCUT2D eigenvalue weighted by Gasteiger charge is -2.14. The average Bonchev–Trinajstić information content (AvgIpc) is 3.45. The van der Waals surface area contributed by atoms with Gasteiger partial charge in [-0.25, -0.2) is 14.6 Å². The van der Waals surface area contributed by atoms with Crippen molar-refractivity contribution in [3.05, 3.63) is 88.4 Å². The summed E-state index contributed by atoms with van der Waals surface area (Å²) < 4.78 is 5.52. The highest BCUT2D eigenvalue weighted by atomic mass is 32.1. The summed E-state index contributed by atoms with van der Waals surface area (Å²) in [6.07, 6.45) is 1.44. The number of benzene rings is 2. The Kier molecular flexibility index (Phi) is 7.57. The number of nitrogens with one attached hydrogen (secondary N) is 2. The van der Waals surface area contributed by atoms with Crippen molar-refractivity contribution in [3.63, 3.8) is 0 Å². The molecule has 1 aromatic heterocycles. The summed E-state index contributed by atoms with van der Waals surface area (Å²) in [7, 11) is 0. The number of alkyl carbamates (subject to hydrolysis) is 1. The van der Waals surface area contributed by atoms with Crippen LogP contribution < -0.4 is 10.6 Å². The van der Waals surface area contributed by atoms with Crippen LogP contribution in [0.1, 0.15) is 39.0 Å². The van der Waals surface area contributed by atoms with Crippen LogP contribution in [0.5, 0.6) is 0 Å². The molecule has 3 aromatic rings. The van der Waals surface area contributed by atoms with Crippen molar-refractivity contribution in [1.82, 2.24) is 15.6 Å². The average molecular weight is 492 g/mol. The summed E-state index contributed by atoms with van der Waals surface area (Å²) in [5, 5.41) is 16.5. The molecule has 0 saturated carbocycles. The molecular weight excluding hydrogens is 466 g/mol. The van der Waals surface area contributed by atoms with Gasteiger partial charge in [-0.1, -0.05) is 54.6 Å². The zero-order valence-corrected chi connectivity index (χ0v) is 19.7. The van der Waals surface area contributed by atoms with Gasteiger partial charge in [-0.3, -0.25) is 4.79 Å². The SMILES string of the molecule is C=CCC(NC(=O)c1csc(CCNC(=O)OCC2c3ccccc3-c3ccccc32)n1)C(=O)O. The monoisotopic (exact) mass is 491 g/mol. The van der Waals surface area contributed by atoms with Gasteiger partial charge >= 0.3 is 12.1 Å². The van der Waals surface area contributed by atoms with Crippen molar-refractivity contribution in [3.8, 4) is 11.1 Å². The molecule has 8 nitrogen and oxygen atoms in total. The van der Waals surface area contributed by atoms with Crippen molar-refractivity contribution >= 4 is 29.3 Å². The first kappa shape index (κ1) is 24.2. The van der Waals surface area contributed by atoms with Crippen LogP contribution in [-0.2, 0) is 16.0 Å². The maximum atomic E-state index is 12.3. The van der Waals surface area contributed by atoms with Gasteiger partial charge in [-0.05, 0) is 28.7 Å². The van der Waals surface area contributed by atoms with E-state index in [0.29, 0.717) is 18.0 Å². The number of aliphatic carboxylic acids is 1. The van der Waals surface area contributed by atoms with E-state index in [9.17, 15) is 14.4 Å². The number of nitrogens with zero attached hydrogens (tertiary/aromatic N) is 1. The van der Waals surface area contributed by atoms with Crippen LogP contribution >= 0.6 is 11.3 Å². The van der Waals surface area contributed by atoms with Gasteiger partial charge in [0.15, 0.2) is 0 Å². The van der Waals surface area contributed by atoms with Gasteiger partial charge in [0.25, 0.3) is 5.91 Å². The minimum absolute atomic E-state index is 0.0103. The zero-order valence-electron chi connectivity index (χ0n) is 18.9. The van der Waals surface area contributed by atoms with E-state index in [1.807, 2.05) is 24.3 Å². The first-order chi connectivity index (χ1) is 17.0. The molecule has 35 heavy (non-hydrogen) atoms. The Hall–Kier alpha value is -3.98. The third-order valence-corrected chi connectivity index (χ3v) is 6.65. The number of thiazole rings is 1. The maximum Gasteiger partial charge on any atom is 0.407 e. The Morgan fingerprint density at radius 1 is 1.11 bits per heavy atom. The van der Waals surface area contributed by atoms with E-state index in [0.717, 1.165) is 11.1 Å². The van der Waals surface area contributed by atoms with E-state index < -0.39 is 24.0 Å². The van der Waals surface area contributed by atoms with Gasteiger partial charge in [-0.2, -0.15) is 0 Å². The number of carboxylic acids is 1. The summed E-state index contributed by atoms with van der Waals surface area (Å²) >= 11 is 1.27. The molecule has 1 unspecified atom stereocenters. The molecule has 2 aromatic carbocycles. The van der Waals surface area contributed by atoms with Crippen LogP contribution in [0.3, 0.4) is 0 Å². The first-order valence-corrected chi connectivity index (χ1v) is 12.0. The fourth-order valence-electron chi connectivity index (χ4n) is 4.07. The van der Waals surface area contributed by atoms with Gasteiger partial charge in [-0.15, -0.1) is 17.9 Å². The summed E-state index contributed by atoms with van der Waals surface area (Å²) in [6, 6.07) is 15.2. The predicted molar refractivity (Wildman–Crippen MR) is 133 cm³/mol. The Balaban J connectivity index is 1.26. The second-order valence-corrected chi connectivity index (χ2v) is 8.96. The second kappa shape index (κ2) is 11.0. The molecule has 1 atom stereocenters. The fourth-order valence-corrected chi connectivity index (χ4v) is 4.85. The molecule has 0 aliphatic heterocycles. The number of fused-ring (bicyclic) bond motifs is 3. The number of rotatable bonds is 10. The smallest absolute Gasteiger partial charge is 0.407 e. The van der Waals surface area contributed by atoms with Crippen molar-refractivity contribution in [2.24, 2.45) is 0 Å². The molecule has 0 fully saturated rings. The molecule has 3 N–H and O–H groups in total. The summed E-state index contributed by atoms with van der Waals surface area (Å²) in [5.41, 5.74) is 4.77. The molecule has 0 spiro atoms. The lowest BCUT2D eigenvalue weighted by atomic mass is 9.98. The third kappa shape index (κ3) is 5.58. The zero-order chi connectivity index (χ0) is 24.8. The van der Waals surface area contributed by atoms with E-state index in [1.165, 1.54) is 28.5 Å². The number of hydrogen-bond acceptors (Lipinski definition) is 6. The van der Waals surface area contributed by atoms with Crippen LogP contribution in [0.4, 0.5) is 4.79 Å². The van der Waals surface area contributed by atoms with Crippen molar-refractivity contribution < 1.29 is 24.2 Å². The molecule has 0 bridgehead atoms. The van der Waals surface area contributed by atoms with E-state index in [-0.39, 0.29) is 24.6 Å². The summed E-state index contributed by atoms with van der Waals surface area (Å²) in [4.78, 5) is 40.0. The molecule has 9 heteroatoms. The highest BCUT2D eigenvalue weighted by Gasteiger charge is 2.29. The van der Waals surface area contributed by atoms with E-state index in [2.05, 4.69) is 46.5 Å². The number of carboxylic acid groups (broad SMARTS) is 1. The fraction of sp³-hybridized carbons (Fsp3) is 0.231. The molecule has 0 saturated heterocycles. The molecule has 2 amide bonds. The Morgan fingerprint density at radius 3 is 2.40 bits per heavy atom. The maximum absolute atomic E-state index is 12.3. The van der Waals surface area contributed by atoms with Gasteiger partial charge in [0.1, 0.15) is 18.3 Å². The number of carbonyl (C=O) groups excluding carboxylic acids is 2. The van der Waals surface area contributed by atoms with E-state index >= 15 is 0 Å². The predicted octanol–water partition coefficient (Wildman–Crippen LogP) is 3.98. The van der Waals surface area contributed by atoms with E-state index in [4.69, 9.17) is 9.84 Å². The number of aromatic nitrogens is 1. The van der Waals surface area contributed by atoms with Gasteiger partial charge in [0.05, 0.1) is 5.01 Å². The van der Waals surface area contributed by atoms with Crippen molar-refractivity contribution in [2.45, 2.75) is 24.8 Å². The number of hydrogen-bond donors (Lipinski definition) is 3. The number of ether oxygens (including phenoxy) is 1. The number of amides is 2. The molecule has 1 heterocycles. The molecule has 1 aliphatic carbocycles. The van der Waals surface area contributed by atoms with Gasteiger partial charge in [0.2, 0.25) is 0 Å². The van der Waals surface area contributed by atoms with Gasteiger partial charge < -0.3 is 20.5 Å². The topological polar surface area (TPSA) is 118 Å². The van der Waals surface area contributed by atoms with Crippen LogP contribution in [-0.4, -0.2) is 47.3 Å². The Bertz CT molecular complexity index is 1210. The molecule has 180 valence electrons. The van der Waals surface area contributed by atoms with Crippen LogP contribution in [0.2, 0.25) is 0 Å². The van der Waals surface area contributed by atoms with Crippen LogP contribution in [0, 0.1) is 0 Å². The first-order valence-electron chi connectivity index (χ1n) is 11.2. The van der Waals surface area contributed by atoms with Crippen molar-refractivity contribution in [1.29, 1.82) is 0 Å². The minimum atomic E-state index is -1.14. The molecule has 1 aliphatic rings. The molecule has 0 radical (unpaired) electrons. The Labute approximate surface area is 206 Å². The largest absolute Gasteiger partial charge is 0.480 e. The molecule has 4 rings (SSSR count). The summed E-state index contributed by atoms with van der Waals surface area (Å²) in [5.74, 6) is -1.71. The van der Waals surface area contributed by atoms with Crippen molar-refractivity contribution in [2.75, 3.05) is 13.2 Å². The quantitative estimate of drug-likeness (QED) is 0.369. The minimum Gasteiger partial charge on any atom is -0.480 e. The summed E-state index contributed by atoms with van der Waals surface area (Å²) in [6.45, 7) is 4.02. The highest BCUT2D eigenvalue weighted by molar-refractivity contribution is 7.09. The molecular formula is C26H25N3O5S.